The van der Waals surface area contributed by atoms with Gasteiger partial charge in [0.25, 0.3) is 0 Å². The summed E-state index contributed by atoms with van der Waals surface area (Å²) >= 11 is 1.39. The van der Waals surface area contributed by atoms with E-state index in [1.807, 2.05) is 23.6 Å². The Morgan fingerprint density at radius 2 is 1.81 bits per heavy atom. The molecule has 0 atom stereocenters. The Hall–Kier alpha value is -3.07. The molecule has 0 aliphatic carbocycles. The van der Waals surface area contributed by atoms with Crippen molar-refractivity contribution in [2.45, 2.75) is 6.61 Å². The highest BCUT2D eigenvalue weighted by Gasteiger charge is 2.04. The topological polar surface area (TPSA) is 80.6 Å². The lowest BCUT2D eigenvalue weighted by molar-refractivity contribution is 0.306. The summed E-state index contributed by atoms with van der Waals surface area (Å²) in [6, 6.07) is 14.7. The molecule has 0 radical (unpaired) electrons. The standard InChI is InChI=1S/C16H9N3OS/c17-8-13(9-18)7-12-1-3-15(4-2-12)20-11-14-5-6-21-16(14)10-19/h1-7H,11H2. The van der Waals surface area contributed by atoms with Crippen molar-refractivity contribution in [1.82, 2.24) is 0 Å². The highest BCUT2D eigenvalue weighted by molar-refractivity contribution is 7.10. The summed E-state index contributed by atoms with van der Waals surface area (Å²) in [5.74, 6) is 0.665. The Labute approximate surface area is 126 Å². The molecule has 0 unspecified atom stereocenters. The molecule has 1 aromatic heterocycles. The van der Waals surface area contributed by atoms with E-state index in [2.05, 4.69) is 6.07 Å². The molecular weight excluding hydrogens is 282 g/mol. The number of ether oxygens (including phenoxy) is 1. The number of nitriles is 3. The second kappa shape index (κ2) is 6.91. The quantitative estimate of drug-likeness (QED) is 0.805. The van der Waals surface area contributed by atoms with Gasteiger partial charge in [-0.1, -0.05) is 12.1 Å². The maximum Gasteiger partial charge on any atom is 0.130 e. The predicted octanol–water partition coefficient (Wildman–Crippen LogP) is 3.63. The fraction of sp³-hybridized carbons (Fsp3) is 0.0625. The third-order valence-corrected chi connectivity index (χ3v) is 3.54. The van der Waals surface area contributed by atoms with Gasteiger partial charge in [-0.25, -0.2) is 0 Å². The Balaban J connectivity index is 2.04. The summed E-state index contributed by atoms with van der Waals surface area (Å²) in [5, 5.41) is 28.2. The van der Waals surface area contributed by atoms with E-state index in [-0.39, 0.29) is 5.57 Å². The maximum absolute atomic E-state index is 8.92. The van der Waals surface area contributed by atoms with Crippen molar-refractivity contribution < 1.29 is 4.74 Å². The van der Waals surface area contributed by atoms with Crippen LogP contribution in [0, 0.1) is 34.0 Å². The number of benzene rings is 1. The van der Waals surface area contributed by atoms with Gasteiger partial charge in [-0.3, -0.25) is 0 Å². The van der Waals surface area contributed by atoms with Gasteiger partial charge in [-0.05, 0) is 35.2 Å². The van der Waals surface area contributed by atoms with Gasteiger partial charge < -0.3 is 4.74 Å². The summed E-state index contributed by atoms with van der Waals surface area (Å²) in [4.78, 5) is 0.655. The normalized spacial score (nSPS) is 9.00. The van der Waals surface area contributed by atoms with Gasteiger partial charge in [0.05, 0.1) is 0 Å². The van der Waals surface area contributed by atoms with Gasteiger partial charge in [0, 0.05) is 5.56 Å². The number of hydrogen-bond donors (Lipinski definition) is 0. The Morgan fingerprint density at radius 3 is 2.43 bits per heavy atom. The first-order valence-corrected chi connectivity index (χ1v) is 6.86. The maximum atomic E-state index is 8.92. The van der Waals surface area contributed by atoms with Crippen LogP contribution in [-0.2, 0) is 6.61 Å². The molecule has 1 aromatic carbocycles. The SMILES string of the molecule is N#CC(C#N)=Cc1ccc(OCc2ccsc2C#N)cc1. The third-order valence-electron chi connectivity index (χ3n) is 2.67. The zero-order valence-electron chi connectivity index (χ0n) is 10.9. The summed E-state index contributed by atoms with van der Waals surface area (Å²) < 4.78 is 5.61. The molecular formula is C16H9N3OS. The van der Waals surface area contributed by atoms with Gasteiger partial charge >= 0.3 is 0 Å². The van der Waals surface area contributed by atoms with E-state index in [1.54, 1.807) is 24.3 Å². The van der Waals surface area contributed by atoms with Crippen LogP contribution >= 0.6 is 11.3 Å². The van der Waals surface area contributed by atoms with Crippen LogP contribution in [-0.4, -0.2) is 0 Å². The zero-order chi connectivity index (χ0) is 15.1. The average Bonchev–Trinajstić information content (AvgIpc) is 2.99. The van der Waals surface area contributed by atoms with Crippen molar-refractivity contribution in [1.29, 1.82) is 15.8 Å². The molecule has 100 valence electrons. The minimum atomic E-state index is 0.0561. The van der Waals surface area contributed by atoms with E-state index in [1.165, 1.54) is 17.4 Å². The number of thiophene rings is 1. The van der Waals surface area contributed by atoms with Crippen LogP contribution < -0.4 is 4.74 Å². The first-order chi connectivity index (χ1) is 10.3. The number of hydrogen-bond acceptors (Lipinski definition) is 5. The second-order valence-electron chi connectivity index (χ2n) is 4.03. The third kappa shape index (κ3) is 3.70. The molecule has 0 saturated carbocycles. The average molecular weight is 291 g/mol. The van der Waals surface area contributed by atoms with Crippen molar-refractivity contribution in [3.8, 4) is 24.0 Å². The van der Waals surface area contributed by atoms with Gasteiger partial charge in [0.15, 0.2) is 0 Å². The molecule has 1 heterocycles. The lowest BCUT2D eigenvalue weighted by atomic mass is 10.1. The van der Waals surface area contributed by atoms with Crippen LogP contribution in [0.15, 0.2) is 41.3 Å². The smallest absolute Gasteiger partial charge is 0.130 e. The summed E-state index contributed by atoms with van der Waals surface area (Å²) in [6.45, 7) is 0.337. The molecule has 0 N–H and O–H groups in total. The van der Waals surface area contributed by atoms with Crippen molar-refractivity contribution in [2.75, 3.05) is 0 Å². The van der Waals surface area contributed by atoms with E-state index in [9.17, 15) is 0 Å². The highest BCUT2D eigenvalue weighted by atomic mass is 32.1. The lowest BCUT2D eigenvalue weighted by Crippen LogP contribution is -1.95. The van der Waals surface area contributed by atoms with E-state index in [0.29, 0.717) is 17.2 Å². The van der Waals surface area contributed by atoms with Crippen LogP contribution in [0.25, 0.3) is 6.08 Å². The van der Waals surface area contributed by atoms with Crippen LogP contribution in [0.1, 0.15) is 16.0 Å². The molecule has 5 heteroatoms. The molecule has 0 aliphatic heterocycles. The molecule has 0 amide bonds. The number of allylic oxidation sites excluding steroid dienone is 1. The summed E-state index contributed by atoms with van der Waals surface area (Å²) in [7, 11) is 0. The molecule has 0 fully saturated rings. The number of nitrogens with zero attached hydrogens (tertiary/aromatic N) is 3. The van der Waals surface area contributed by atoms with Crippen LogP contribution in [0.5, 0.6) is 5.75 Å². The second-order valence-corrected chi connectivity index (χ2v) is 4.94. The predicted molar refractivity (Wildman–Crippen MR) is 79.0 cm³/mol. The molecule has 2 aromatic rings. The molecule has 0 aliphatic rings. The minimum absolute atomic E-state index is 0.0561. The first kappa shape index (κ1) is 14.3. The molecule has 21 heavy (non-hydrogen) atoms. The van der Waals surface area contributed by atoms with Crippen LogP contribution in [0.3, 0.4) is 0 Å². The summed E-state index contributed by atoms with van der Waals surface area (Å²) in [5.41, 5.74) is 1.68. The summed E-state index contributed by atoms with van der Waals surface area (Å²) in [6.07, 6.45) is 1.51. The Morgan fingerprint density at radius 1 is 1.10 bits per heavy atom. The minimum Gasteiger partial charge on any atom is -0.489 e. The van der Waals surface area contributed by atoms with E-state index < -0.39 is 0 Å². The largest absolute Gasteiger partial charge is 0.489 e. The van der Waals surface area contributed by atoms with Crippen molar-refractivity contribution in [3.63, 3.8) is 0 Å². The fourth-order valence-corrected chi connectivity index (χ4v) is 2.32. The van der Waals surface area contributed by atoms with Crippen LogP contribution in [0.2, 0.25) is 0 Å². The van der Waals surface area contributed by atoms with E-state index in [4.69, 9.17) is 20.5 Å². The van der Waals surface area contributed by atoms with Crippen molar-refractivity contribution >= 4 is 17.4 Å². The van der Waals surface area contributed by atoms with E-state index >= 15 is 0 Å². The fourth-order valence-electron chi connectivity index (χ4n) is 1.62. The van der Waals surface area contributed by atoms with Crippen LogP contribution in [0.4, 0.5) is 0 Å². The lowest BCUT2D eigenvalue weighted by Gasteiger charge is -2.05. The van der Waals surface area contributed by atoms with Crippen molar-refractivity contribution in [2.24, 2.45) is 0 Å². The van der Waals surface area contributed by atoms with Gasteiger partial charge in [0.1, 0.15) is 41.0 Å². The highest BCUT2D eigenvalue weighted by Crippen LogP contribution is 2.19. The first-order valence-electron chi connectivity index (χ1n) is 5.98. The molecule has 4 nitrogen and oxygen atoms in total. The Kier molecular flexibility index (Phi) is 4.72. The van der Waals surface area contributed by atoms with Crippen molar-refractivity contribution in [3.05, 3.63) is 57.3 Å². The van der Waals surface area contributed by atoms with Gasteiger partial charge in [0.2, 0.25) is 0 Å². The molecule has 0 spiro atoms. The zero-order valence-corrected chi connectivity index (χ0v) is 11.7. The molecule has 0 bridgehead atoms. The van der Waals surface area contributed by atoms with E-state index in [0.717, 1.165) is 11.1 Å². The van der Waals surface area contributed by atoms with Gasteiger partial charge in [-0.2, -0.15) is 15.8 Å². The Bertz CT molecular complexity index is 767. The van der Waals surface area contributed by atoms with Gasteiger partial charge in [-0.15, -0.1) is 11.3 Å². The molecule has 0 saturated heterocycles. The number of rotatable bonds is 4. The molecule has 2 rings (SSSR count). The monoisotopic (exact) mass is 291 g/mol.